The number of benzene rings is 8. The first kappa shape index (κ1) is 29.8. The van der Waals surface area contributed by atoms with Gasteiger partial charge in [0.05, 0.1) is 0 Å². The molecule has 0 saturated heterocycles. The molecule has 0 amide bonds. The number of fused-ring (bicyclic) bond motifs is 8. The van der Waals surface area contributed by atoms with Crippen LogP contribution in [0.3, 0.4) is 0 Å². The topological polar surface area (TPSA) is 51.6 Å². The average Bonchev–Trinajstić information content (AvgIpc) is 3.24. The van der Waals surface area contributed by atoms with Gasteiger partial charge in [0.25, 0.3) is 0 Å². The molecule has 8 aromatic carbocycles. The molecule has 52 heavy (non-hydrogen) atoms. The Morgan fingerprint density at radius 1 is 0.288 bits per heavy atom. The number of pyridine rings is 1. The minimum Gasteiger partial charge on any atom is -0.264 e. The van der Waals surface area contributed by atoms with Gasteiger partial charge in [-0.2, -0.15) is 0 Å². The van der Waals surface area contributed by atoms with Crippen molar-refractivity contribution in [3.63, 3.8) is 0 Å². The molecule has 10 rings (SSSR count). The summed E-state index contributed by atoms with van der Waals surface area (Å²) in [5, 5.41) is 10.1. The minimum atomic E-state index is 0.618. The highest BCUT2D eigenvalue weighted by molar-refractivity contribution is 6.33. The van der Waals surface area contributed by atoms with Gasteiger partial charge in [0.1, 0.15) is 0 Å². The molecule has 0 atom stereocenters. The van der Waals surface area contributed by atoms with E-state index >= 15 is 0 Å². The summed E-state index contributed by atoms with van der Waals surface area (Å²) in [6, 6.07) is 59.7. The first-order chi connectivity index (χ1) is 25.8. The molecule has 0 bridgehead atoms. The van der Waals surface area contributed by atoms with Crippen LogP contribution in [0.1, 0.15) is 0 Å². The largest absolute Gasteiger partial charge is 0.264 e. The fourth-order valence-corrected chi connectivity index (χ4v) is 7.60. The lowest BCUT2D eigenvalue weighted by Crippen LogP contribution is -2.01. The van der Waals surface area contributed by atoms with Crippen molar-refractivity contribution in [2.45, 2.75) is 0 Å². The highest BCUT2D eigenvalue weighted by Gasteiger charge is 2.18. The van der Waals surface area contributed by atoms with Gasteiger partial charge >= 0.3 is 0 Å². The number of rotatable bonds is 5. The third-order valence-corrected chi connectivity index (χ3v) is 10.0. The van der Waals surface area contributed by atoms with Crippen LogP contribution in [-0.4, -0.2) is 19.9 Å². The van der Waals surface area contributed by atoms with E-state index in [4.69, 9.17) is 15.0 Å². The molecule has 4 nitrogen and oxygen atoms in total. The molecule has 0 saturated carbocycles. The molecule has 0 aliphatic heterocycles. The molecule has 0 fully saturated rings. The van der Waals surface area contributed by atoms with E-state index in [1.54, 1.807) is 6.20 Å². The lowest BCUT2D eigenvalue weighted by molar-refractivity contribution is 1.07. The zero-order valence-corrected chi connectivity index (χ0v) is 28.1. The van der Waals surface area contributed by atoms with Gasteiger partial charge < -0.3 is 0 Å². The molecular formula is C48H30N4. The van der Waals surface area contributed by atoms with E-state index in [-0.39, 0.29) is 0 Å². The number of hydrogen-bond donors (Lipinski definition) is 0. The Bertz CT molecular complexity index is 2940. The first-order valence-corrected chi connectivity index (χ1v) is 17.5. The predicted molar refractivity (Wildman–Crippen MR) is 215 cm³/mol. The summed E-state index contributed by atoms with van der Waals surface area (Å²) in [5.41, 5.74) is 7.14. The molecule has 0 spiro atoms. The van der Waals surface area contributed by atoms with Crippen molar-refractivity contribution in [2.24, 2.45) is 0 Å². The van der Waals surface area contributed by atoms with Gasteiger partial charge in [-0.15, -0.1) is 0 Å². The molecule has 0 radical (unpaired) electrons. The summed E-state index contributed by atoms with van der Waals surface area (Å²) >= 11 is 0. The lowest BCUT2D eigenvalue weighted by atomic mass is 9.87. The van der Waals surface area contributed by atoms with Gasteiger partial charge in [-0.1, -0.05) is 158 Å². The van der Waals surface area contributed by atoms with Gasteiger partial charge in [-0.05, 0) is 71.9 Å². The van der Waals surface area contributed by atoms with Crippen molar-refractivity contribution in [3.8, 4) is 56.4 Å². The van der Waals surface area contributed by atoms with Crippen LogP contribution in [-0.2, 0) is 0 Å². The maximum atomic E-state index is 5.10. The molecule has 0 unspecified atom stereocenters. The van der Waals surface area contributed by atoms with E-state index in [1.807, 2.05) is 54.7 Å². The van der Waals surface area contributed by atoms with E-state index in [2.05, 4.69) is 126 Å². The van der Waals surface area contributed by atoms with Crippen LogP contribution in [0, 0.1) is 0 Å². The average molecular weight is 663 g/mol. The van der Waals surface area contributed by atoms with Crippen molar-refractivity contribution < 1.29 is 0 Å². The Hall–Kier alpha value is -7.04. The standard InChI is InChI=1S/C48H30N4/c1-2-13-32(14-3-1)46-50-47(52-48(51-46)42-23-11-4-16-35(42)34-15-12-28-49-30-34)33-26-24-31(25-27-33)43-29-44-38-19-6-5-17-36(38)37-18-7-9-21-40(37)45(44)41-22-10-8-20-39(41)43/h1-30H. The van der Waals surface area contributed by atoms with Gasteiger partial charge in [-0.3, -0.25) is 4.98 Å². The Kier molecular flexibility index (Phi) is 7.10. The van der Waals surface area contributed by atoms with Crippen LogP contribution >= 0.6 is 0 Å². The minimum absolute atomic E-state index is 0.618. The third kappa shape index (κ3) is 5.00. The quantitative estimate of drug-likeness (QED) is 0.172. The Labute approximate surface area is 300 Å². The van der Waals surface area contributed by atoms with Gasteiger partial charge in [-0.25, -0.2) is 15.0 Å². The van der Waals surface area contributed by atoms with Crippen LogP contribution in [0.4, 0.5) is 0 Å². The maximum Gasteiger partial charge on any atom is 0.164 e. The predicted octanol–water partition coefficient (Wildman–Crippen LogP) is 12.2. The van der Waals surface area contributed by atoms with Crippen LogP contribution in [0.2, 0.25) is 0 Å². The van der Waals surface area contributed by atoms with Crippen LogP contribution in [0.5, 0.6) is 0 Å². The second-order valence-corrected chi connectivity index (χ2v) is 13.0. The summed E-state index contributed by atoms with van der Waals surface area (Å²) in [7, 11) is 0. The van der Waals surface area contributed by atoms with Crippen molar-refractivity contribution >= 4 is 43.1 Å². The van der Waals surface area contributed by atoms with E-state index < -0.39 is 0 Å². The molecule has 10 aromatic rings. The second-order valence-electron chi connectivity index (χ2n) is 13.0. The zero-order chi connectivity index (χ0) is 34.4. The molecule has 0 aliphatic rings. The Balaban J connectivity index is 1.15. The van der Waals surface area contributed by atoms with Crippen molar-refractivity contribution in [1.29, 1.82) is 0 Å². The summed E-state index contributed by atoms with van der Waals surface area (Å²) in [4.78, 5) is 19.5. The Morgan fingerprint density at radius 3 is 1.44 bits per heavy atom. The van der Waals surface area contributed by atoms with E-state index in [9.17, 15) is 0 Å². The van der Waals surface area contributed by atoms with Gasteiger partial charge in [0.15, 0.2) is 17.5 Å². The summed E-state index contributed by atoms with van der Waals surface area (Å²) in [5.74, 6) is 1.87. The molecular weight excluding hydrogens is 633 g/mol. The van der Waals surface area contributed by atoms with Crippen LogP contribution < -0.4 is 0 Å². The maximum absolute atomic E-state index is 5.10. The van der Waals surface area contributed by atoms with Crippen molar-refractivity contribution in [3.05, 3.63) is 182 Å². The van der Waals surface area contributed by atoms with Crippen molar-refractivity contribution in [1.82, 2.24) is 19.9 Å². The normalized spacial score (nSPS) is 11.5. The number of nitrogens with zero attached hydrogens (tertiary/aromatic N) is 4. The van der Waals surface area contributed by atoms with E-state index in [0.717, 1.165) is 33.4 Å². The lowest BCUT2D eigenvalue weighted by Gasteiger charge is -2.16. The molecule has 2 heterocycles. The van der Waals surface area contributed by atoms with E-state index in [0.29, 0.717) is 17.5 Å². The highest BCUT2D eigenvalue weighted by Crippen LogP contribution is 2.43. The van der Waals surface area contributed by atoms with Crippen LogP contribution in [0.25, 0.3) is 99.5 Å². The second kappa shape index (κ2) is 12.4. The summed E-state index contributed by atoms with van der Waals surface area (Å²) in [6.45, 7) is 0. The highest BCUT2D eigenvalue weighted by atomic mass is 15.0. The summed E-state index contributed by atoms with van der Waals surface area (Å²) < 4.78 is 0. The molecule has 0 aliphatic carbocycles. The van der Waals surface area contributed by atoms with E-state index in [1.165, 1.54) is 48.7 Å². The first-order valence-electron chi connectivity index (χ1n) is 17.5. The fraction of sp³-hybridized carbons (Fsp3) is 0. The molecule has 4 heteroatoms. The Morgan fingerprint density at radius 2 is 0.769 bits per heavy atom. The number of aromatic nitrogens is 4. The monoisotopic (exact) mass is 662 g/mol. The number of hydrogen-bond acceptors (Lipinski definition) is 4. The summed E-state index contributed by atoms with van der Waals surface area (Å²) in [6.07, 6.45) is 3.66. The van der Waals surface area contributed by atoms with Gasteiger partial charge in [0, 0.05) is 34.6 Å². The molecule has 0 N–H and O–H groups in total. The SMILES string of the molecule is c1ccc(-c2nc(-c3ccc(-c4cc5c6ccccc6c6ccccc6c5c5ccccc45)cc3)nc(-c3ccccc3-c3cccnc3)n2)cc1. The fourth-order valence-electron chi connectivity index (χ4n) is 7.60. The van der Waals surface area contributed by atoms with Crippen molar-refractivity contribution in [2.75, 3.05) is 0 Å². The third-order valence-electron chi connectivity index (χ3n) is 10.0. The molecule has 242 valence electrons. The zero-order valence-electron chi connectivity index (χ0n) is 28.1. The smallest absolute Gasteiger partial charge is 0.164 e. The molecule has 2 aromatic heterocycles. The van der Waals surface area contributed by atoms with Crippen LogP contribution in [0.15, 0.2) is 182 Å². The van der Waals surface area contributed by atoms with Gasteiger partial charge in [0.2, 0.25) is 0 Å².